The summed E-state index contributed by atoms with van der Waals surface area (Å²) in [5, 5.41) is 6.34. The molecule has 12 nitrogen and oxygen atoms in total. The number of fused-ring (bicyclic) bond motifs is 1. The lowest BCUT2D eigenvalue weighted by Crippen LogP contribution is -2.33. The SMILES string of the molecule is C=Nc1cc(C(N)=O)cc(OC)c1N(C/C=C/Cn1c(NC)nc2cc(C=O)cc(OCCCN(C)C3CC3)c21)CNC. The Hall–Kier alpha value is -4.42. The van der Waals surface area contributed by atoms with Gasteiger partial charge in [-0.15, -0.1) is 0 Å². The van der Waals surface area contributed by atoms with Gasteiger partial charge in [-0.3, -0.25) is 14.6 Å². The highest BCUT2D eigenvalue weighted by Gasteiger charge is 2.25. The Morgan fingerprint density at radius 2 is 2.02 bits per heavy atom. The summed E-state index contributed by atoms with van der Waals surface area (Å²) in [6.07, 6.45) is 8.32. The topological polar surface area (TPSA) is 139 Å². The lowest BCUT2D eigenvalue weighted by molar-refractivity contribution is 0.0999. The third-order valence-electron chi connectivity index (χ3n) is 7.45. The number of aldehydes is 1. The zero-order chi connectivity index (χ0) is 30.9. The Labute approximate surface area is 252 Å². The normalized spacial score (nSPS) is 13.0. The zero-order valence-electron chi connectivity index (χ0n) is 25.4. The molecule has 12 heteroatoms. The smallest absolute Gasteiger partial charge is 0.248 e. The van der Waals surface area contributed by atoms with E-state index in [0.717, 1.165) is 24.8 Å². The molecule has 4 rings (SSSR count). The summed E-state index contributed by atoms with van der Waals surface area (Å²) in [7, 11) is 7.35. The average molecular weight is 591 g/mol. The zero-order valence-corrected chi connectivity index (χ0v) is 25.4. The minimum Gasteiger partial charge on any atom is -0.494 e. The molecule has 1 amide bonds. The molecule has 0 saturated heterocycles. The number of methoxy groups -OCH3 is 1. The molecular formula is C31H42N8O4. The van der Waals surface area contributed by atoms with Crippen LogP contribution in [0.2, 0.25) is 0 Å². The van der Waals surface area contributed by atoms with E-state index in [1.54, 1.807) is 24.3 Å². The third kappa shape index (κ3) is 7.51. The second kappa shape index (κ2) is 14.7. The van der Waals surface area contributed by atoms with Crippen LogP contribution in [0, 0.1) is 0 Å². The number of imidazole rings is 1. The number of aliphatic imine (C=N–C) groups is 1. The van der Waals surface area contributed by atoms with E-state index < -0.39 is 5.91 Å². The number of aromatic nitrogens is 2. The highest BCUT2D eigenvalue weighted by Crippen LogP contribution is 2.39. The van der Waals surface area contributed by atoms with Crippen molar-refractivity contribution in [3.8, 4) is 11.5 Å². The van der Waals surface area contributed by atoms with Crippen LogP contribution in [0.3, 0.4) is 0 Å². The van der Waals surface area contributed by atoms with Crippen LogP contribution in [-0.4, -0.2) is 94.0 Å². The predicted molar refractivity (Wildman–Crippen MR) is 172 cm³/mol. The second-order valence-corrected chi connectivity index (χ2v) is 10.5. The van der Waals surface area contributed by atoms with Crippen molar-refractivity contribution < 1.29 is 19.1 Å². The van der Waals surface area contributed by atoms with Crippen LogP contribution < -0.4 is 30.7 Å². The summed E-state index contributed by atoms with van der Waals surface area (Å²) in [5.74, 6) is 1.19. The molecule has 0 bridgehead atoms. The monoisotopic (exact) mass is 590 g/mol. The van der Waals surface area contributed by atoms with Crippen LogP contribution in [0.1, 0.15) is 40.0 Å². The summed E-state index contributed by atoms with van der Waals surface area (Å²) < 4.78 is 13.9. The number of rotatable bonds is 18. The van der Waals surface area contributed by atoms with Crippen molar-refractivity contribution in [2.24, 2.45) is 10.7 Å². The standard InChI is InChI=1S/C31H42N8O4/c1-33-20-38(28-24(34-2)17-22(30(32)41)18-26(28)42-5)12-6-7-13-39-29-25(36-31(39)35-3)15-21(19-40)16-27(29)43-14-8-11-37(4)23-9-10-23/h6-7,15-19,23,33H,2,8-14,20H2,1,3-5H3,(H2,32,41)(H,35,36)/b7-6+. The van der Waals surface area contributed by atoms with Gasteiger partial charge < -0.3 is 40.2 Å². The number of benzene rings is 2. The number of hydrogen-bond acceptors (Lipinski definition) is 10. The van der Waals surface area contributed by atoms with Crippen LogP contribution in [0.25, 0.3) is 11.0 Å². The van der Waals surface area contributed by atoms with Crippen molar-refractivity contribution >= 4 is 47.3 Å². The number of amides is 1. The number of ether oxygens (including phenoxy) is 2. The van der Waals surface area contributed by atoms with Gasteiger partial charge >= 0.3 is 0 Å². The van der Waals surface area contributed by atoms with E-state index in [1.165, 1.54) is 20.0 Å². The number of nitrogens with one attached hydrogen (secondary N) is 2. The summed E-state index contributed by atoms with van der Waals surface area (Å²) in [5.41, 5.74) is 9.01. The molecule has 43 heavy (non-hydrogen) atoms. The predicted octanol–water partition coefficient (Wildman–Crippen LogP) is 3.43. The Bertz CT molecular complexity index is 1480. The first-order valence-corrected chi connectivity index (χ1v) is 14.4. The fourth-order valence-electron chi connectivity index (χ4n) is 5.13. The first kappa shape index (κ1) is 31.5. The van der Waals surface area contributed by atoms with Crippen molar-refractivity contribution in [1.82, 2.24) is 19.8 Å². The van der Waals surface area contributed by atoms with Gasteiger partial charge in [-0.1, -0.05) is 12.2 Å². The number of allylic oxidation sites excluding steroid dienone is 1. The molecule has 0 radical (unpaired) electrons. The van der Waals surface area contributed by atoms with E-state index in [4.69, 9.17) is 20.2 Å². The van der Waals surface area contributed by atoms with Crippen molar-refractivity contribution in [3.05, 3.63) is 47.5 Å². The van der Waals surface area contributed by atoms with Gasteiger partial charge in [0.2, 0.25) is 11.9 Å². The maximum Gasteiger partial charge on any atom is 0.248 e. The van der Waals surface area contributed by atoms with Gasteiger partial charge in [-0.05, 0) is 64.3 Å². The summed E-state index contributed by atoms with van der Waals surface area (Å²) >= 11 is 0. The lowest BCUT2D eigenvalue weighted by atomic mass is 10.1. The fourth-order valence-corrected chi connectivity index (χ4v) is 5.13. The molecule has 3 aromatic rings. The summed E-state index contributed by atoms with van der Waals surface area (Å²) in [4.78, 5) is 36.8. The molecule has 230 valence electrons. The van der Waals surface area contributed by atoms with Gasteiger partial charge in [0.1, 0.15) is 29.0 Å². The van der Waals surface area contributed by atoms with Crippen molar-refractivity contribution in [2.75, 3.05) is 64.8 Å². The number of hydrogen-bond donors (Lipinski definition) is 3. The molecule has 1 saturated carbocycles. The molecule has 0 aliphatic heterocycles. The number of carbonyl (C=O) groups excluding carboxylic acids is 2. The Kier molecular flexibility index (Phi) is 10.7. The number of primary amides is 1. The lowest BCUT2D eigenvalue weighted by Gasteiger charge is -2.26. The number of carbonyl (C=O) groups is 2. The molecular weight excluding hydrogens is 548 g/mol. The molecule has 1 fully saturated rings. The largest absolute Gasteiger partial charge is 0.494 e. The van der Waals surface area contributed by atoms with Crippen LogP contribution in [0.5, 0.6) is 11.5 Å². The van der Waals surface area contributed by atoms with Gasteiger partial charge in [0.15, 0.2) is 0 Å². The maximum absolute atomic E-state index is 11.8. The molecule has 0 unspecified atom stereocenters. The van der Waals surface area contributed by atoms with Crippen LogP contribution in [0.15, 0.2) is 41.4 Å². The fraction of sp³-hybridized carbons (Fsp3) is 0.419. The van der Waals surface area contributed by atoms with Crippen LogP contribution in [-0.2, 0) is 6.54 Å². The van der Waals surface area contributed by atoms with E-state index in [1.807, 2.05) is 35.7 Å². The van der Waals surface area contributed by atoms with E-state index >= 15 is 0 Å². The van der Waals surface area contributed by atoms with Crippen LogP contribution in [0.4, 0.5) is 17.3 Å². The number of nitrogens with two attached hydrogens (primary N) is 1. The highest BCUT2D eigenvalue weighted by molar-refractivity contribution is 5.96. The van der Waals surface area contributed by atoms with Crippen molar-refractivity contribution in [1.29, 1.82) is 0 Å². The van der Waals surface area contributed by atoms with Gasteiger partial charge in [-0.2, -0.15) is 0 Å². The molecule has 2 aromatic carbocycles. The minimum atomic E-state index is -0.572. The minimum absolute atomic E-state index is 0.292. The highest BCUT2D eigenvalue weighted by atomic mass is 16.5. The Morgan fingerprint density at radius 3 is 2.65 bits per heavy atom. The van der Waals surface area contributed by atoms with Gasteiger partial charge in [0, 0.05) is 43.9 Å². The van der Waals surface area contributed by atoms with Gasteiger partial charge in [-0.25, -0.2) is 4.98 Å². The molecule has 1 heterocycles. The molecule has 0 spiro atoms. The average Bonchev–Trinajstić information content (AvgIpc) is 3.81. The molecule has 4 N–H and O–H groups in total. The van der Waals surface area contributed by atoms with Crippen LogP contribution >= 0.6 is 0 Å². The van der Waals surface area contributed by atoms with E-state index in [9.17, 15) is 9.59 Å². The first-order valence-electron chi connectivity index (χ1n) is 14.4. The number of anilines is 2. The molecule has 1 aliphatic carbocycles. The number of nitrogens with zero attached hydrogens (tertiary/aromatic N) is 5. The molecule has 1 aliphatic rings. The van der Waals surface area contributed by atoms with Crippen molar-refractivity contribution in [2.45, 2.75) is 31.8 Å². The molecule has 0 atom stereocenters. The Balaban J connectivity index is 1.56. The molecule has 1 aromatic heterocycles. The van der Waals surface area contributed by atoms with E-state index in [0.29, 0.717) is 77.9 Å². The summed E-state index contributed by atoms with van der Waals surface area (Å²) in [6.45, 7) is 6.68. The van der Waals surface area contributed by atoms with E-state index in [2.05, 4.69) is 34.3 Å². The van der Waals surface area contributed by atoms with Gasteiger partial charge in [0.05, 0.1) is 31.6 Å². The van der Waals surface area contributed by atoms with Crippen molar-refractivity contribution in [3.63, 3.8) is 0 Å². The Morgan fingerprint density at radius 1 is 1.23 bits per heavy atom. The third-order valence-corrected chi connectivity index (χ3v) is 7.45. The van der Waals surface area contributed by atoms with Gasteiger partial charge in [0.25, 0.3) is 0 Å². The maximum atomic E-state index is 11.8. The second-order valence-electron chi connectivity index (χ2n) is 10.5. The summed E-state index contributed by atoms with van der Waals surface area (Å²) in [6, 6.07) is 7.47. The van der Waals surface area contributed by atoms with E-state index in [-0.39, 0.29) is 0 Å². The first-order chi connectivity index (χ1) is 20.8. The quantitative estimate of drug-likeness (QED) is 0.0668.